The first-order valence-corrected chi connectivity index (χ1v) is 6.64. The summed E-state index contributed by atoms with van der Waals surface area (Å²) in [5.41, 5.74) is 6.85. The summed E-state index contributed by atoms with van der Waals surface area (Å²) >= 11 is 0. The zero-order valence-corrected chi connectivity index (χ0v) is 11.6. The van der Waals surface area contributed by atoms with Gasteiger partial charge in [-0.2, -0.15) is 5.26 Å². The van der Waals surface area contributed by atoms with Crippen molar-refractivity contribution in [3.05, 3.63) is 17.8 Å². The number of nitrogens with two attached hydrogens (primary N) is 1. The average molecular weight is 259 g/mol. The van der Waals surface area contributed by atoms with Gasteiger partial charge in [0.2, 0.25) is 0 Å². The molecular weight excluding hydrogens is 238 g/mol. The van der Waals surface area contributed by atoms with Crippen molar-refractivity contribution in [2.45, 2.75) is 31.2 Å². The predicted molar refractivity (Wildman–Crippen MR) is 76.7 cm³/mol. The van der Waals surface area contributed by atoms with Crippen LogP contribution in [0.15, 0.2) is 12.3 Å². The van der Waals surface area contributed by atoms with Crippen LogP contribution in [0.3, 0.4) is 0 Å². The van der Waals surface area contributed by atoms with Gasteiger partial charge in [-0.1, -0.05) is 12.8 Å². The van der Waals surface area contributed by atoms with Gasteiger partial charge in [0, 0.05) is 12.1 Å². The van der Waals surface area contributed by atoms with Gasteiger partial charge in [-0.25, -0.2) is 4.98 Å². The lowest BCUT2D eigenvalue weighted by Crippen LogP contribution is -2.47. The highest BCUT2D eigenvalue weighted by atomic mass is 15.2. The minimum Gasteiger partial charge on any atom is -0.397 e. The molecule has 0 aromatic carbocycles. The Kier molecular flexibility index (Phi) is 3.91. The fraction of sp³-hybridized carbons (Fsp3) is 0.571. The summed E-state index contributed by atoms with van der Waals surface area (Å²) in [7, 11) is 4.24. The number of aromatic nitrogens is 1. The molecule has 1 aromatic rings. The Balaban J connectivity index is 2.12. The Morgan fingerprint density at radius 2 is 2.16 bits per heavy atom. The highest BCUT2D eigenvalue weighted by Gasteiger charge is 2.35. The van der Waals surface area contributed by atoms with Crippen molar-refractivity contribution < 1.29 is 0 Å². The van der Waals surface area contributed by atoms with E-state index in [9.17, 15) is 0 Å². The first-order valence-electron chi connectivity index (χ1n) is 6.64. The monoisotopic (exact) mass is 259 g/mol. The molecule has 5 nitrogen and oxygen atoms in total. The summed E-state index contributed by atoms with van der Waals surface area (Å²) in [6, 6.07) is 3.79. The van der Waals surface area contributed by atoms with Crippen LogP contribution in [0.4, 0.5) is 11.5 Å². The first-order chi connectivity index (χ1) is 9.07. The standard InChI is InChI=1S/C14H21N5/c1-19(2)14(5-3-4-6-14)10-18-13-11(8-15)7-12(16)9-17-13/h7,9H,3-6,10,16H2,1-2H3,(H,17,18). The first kappa shape index (κ1) is 13.6. The number of hydrogen-bond donors (Lipinski definition) is 2. The van der Waals surface area contributed by atoms with Crippen LogP contribution in [0.1, 0.15) is 31.2 Å². The lowest BCUT2D eigenvalue weighted by atomic mass is 9.96. The van der Waals surface area contributed by atoms with Crippen LogP contribution in [0.25, 0.3) is 0 Å². The Bertz CT molecular complexity index is 483. The molecule has 0 aliphatic heterocycles. The molecule has 0 radical (unpaired) electrons. The maximum Gasteiger partial charge on any atom is 0.144 e. The summed E-state index contributed by atoms with van der Waals surface area (Å²) in [5.74, 6) is 0.629. The van der Waals surface area contributed by atoms with E-state index < -0.39 is 0 Å². The molecule has 5 heteroatoms. The van der Waals surface area contributed by atoms with Gasteiger partial charge in [-0.3, -0.25) is 0 Å². The Labute approximate surface area is 114 Å². The number of nitrogens with one attached hydrogen (secondary N) is 1. The molecule has 0 bridgehead atoms. The van der Waals surface area contributed by atoms with E-state index in [1.54, 1.807) is 12.3 Å². The third-order valence-corrected chi connectivity index (χ3v) is 4.10. The number of likely N-dealkylation sites (N-methyl/N-ethyl adjacent to an activating group) is 1. The molecule has 1 aliphatic rings. The van der Waals surface area contributed by atoms with Gasteiger partial charge in [0.15, 0.2) is 0 Å². The van der Waals surface area contributed by atoms with E-state index in [4.69, 9.17) is 11.0 Å². The van der Waals surface area contributed by atoms with Crippen molar-refractivity contribution in [3.8, 4) is 6.07 Å². The second-order valence-corrected chi connectivity index (χ2v) is 5.46. The number of nitrogens with zero attached hydrogens (tertiary/aromatic N) is 3. The van der Waals surface area contributed by atoms with Crippen molar-refractivity contribution in [1.29, 1.82) is 5.26 Å². The van der Waals surface area contributed by atoms with Gasteiger partial charge >= 0.3 is 0 Å². The van der Waals surface area contributed by atoms with Gasteiger partial charge in [0.1, 0.15) is 11.9 Å². The molecule has 0 spiro atoms. The van der Waals surface area contributed by atoms with Crippen LogP contribution >= 0.6 is 0 Å². The number of rotatable bonds is 4. The van der Waals surface area contributed by atoms with Crippen LogP contribution in [0.5, 0.6) is 0 Å². The molecule has 0 saturated heterocycles. The highest BCUT2D eigenvalue weighted by Crippen LogP contribution is 2.34. The number of anilines is 2. The Hall–Kier alpha value is -1.80. The maximum absolute atomic E-state index is 9.11. The third-order valence-electron chi connectivity index (χ3n) is 4.10. The topological polar surface area (TPSA) is 78.0 Å². The summed E-state index contributed by atoms with van der Waals surface area (Å²) in [6.45, 7) is 0.811. The number of nitriles is 1. The van der Waals surface area contributed by atoms with E-state index in [1.165, 1.54) is 25.7 Å². The highest BCUT2D eigenvalue weighted by molar-refractivity contribution is 5.57. The lowest BCUT2D eigenvalue weighted by molar-refractivity contribution is 0.172. The molecule has 0 amide bonds. The summed E-state index contributed by atoms with van der Waals surface area (Å²) in [5, 5.41) is 12.4. The van der Waals surface area contributed by atoms with Gasteiger partial charge < -0.3 is 16.0 Å². The van der Waals surface area contributed by atoms with Crippen molar-refractivity contribution in [2.75, 3.05) is 31.7 Å². The van der Waals surface area contributed by atoms with Gasteiger partial charge in [-0.15, -0.1) is 0 Å². The molecule has 1 fully saturated rings. The van der Waals surface area contributed by atoms with Crippen LogP contribution in [-0.4, -0.2) is 36.1 Å². The number of pyridine rings is 1. The molecule has 1 aromatic heterocycles. The molecule has 1 aliphatic carbocycles. The van der Waals surface area contributed by atoms with E-state index in [0.29, 0.717) is 17.1 Å². The lowest BCUT2D eigenvalue weighted by Gasteiger charge is -2.36. The second-order valence-electron chi connectivity index (χ2n) is 5.46. The van der Waals surface area contributed by atoms with E-state index in [1.807, 2.05) is 0 Å². The zero-order valence-electron chi connectivity index (χ0n) is 11.6. The predicted octanol–water partition coefficient (Wildman–Crippen LogP) is 1.82. The third kappa shape index (κ3) is 2.79. The zero-order chi connectivity index (χ0) is 13.9. The molecule has 102 valence electrons. The summed E-state index contributed by atoms with van der Waals surface area (Å²) in [4.78, 5) is 6.51. The van der Waals surface area contributed by atoms with Crippen molar-refractivity contribution >= 4 is 11.5 Å². The minimum atomic E-state index is 0.176. The van der Waals surface area contributed by atoms with E-state index in [2.05, 4.69) is 35.4 Å². The molecule has 0 atom stereocenters. The van der Waals surface area contributed by atoms with Gasteiger partial charge in [-0.05, 0) is 33.0 Å². The summed E-state index contributed by atoms with van der Waals surface area (Å²) in [6.07, 6.45) is 6.48. The SMILES string of the molecule is CN(C)C1(CNc2ncc(N)cc2C#N)CCCC1. The van der Waals surface area contributed by atoms with Crippen molar-refractivity contribution in [1.82, 2.24) is 9.88 Å². The minimum absolute atomic E-state index is 0.176. The molecule has 3 N–H and O–H groups in total. The normalized spacial score (nSPS) is 17.4. The van der Waals surface area contributed by atoms with E-state index >= 15 is 0 Å². The molecule has 2 rings (SSSR count). The Morgan fingerprint density at radius 3 is 2.74 bits per heavy atom. The van der Waals surface area contributed by atoms with Gasteiger partial charge in [0.25, 0.3) is 0 Å². The summed E-state index contributed by atoms with van der Waals surface area (Å²) < 4.78 is 0. The maximum atomic E-state index is 9.11. The van der Waals surface area contributed by atoms with E-state index in [-0.39, 0.29) is 5.54 Å². The fourth-order valence-corrected chi connectivity index (χ4v) is 2.77. The molecule has 19 heavy (non-hydrogen) atoms. The molecular formula is C14H21N5. The molecule has 0 unspecified atom stereocenters. The van der Waals surface area contributed by atoms with Crippen LogP contribution in [0, 0.1) is 11.3 Å². The fourth-order valence-electron chi connectivity index (χ4n) is 2.77. The second kappa shape index (κ2) is 5.45. The molecule has 1 heterocycles. The smallest absolute Gasteiger partial charge is 0.144 e. The average Bonchev–Trinajstić information content (AvgIpc) is 2.87. The quantitative estimate of drug-likeness (QED) is 0.862. The molecule has 1 saturated carbocycles. The number of nitrogen functional groups attached to an aromatic ring is 1. The largest absolute Gasteiger partial charge is 0.397 e. The van der Waals surface area contributed by atoms with E-state index in [0.717, 1.165) is 6.54 Å². The van der Waals surface area contributed by atoms with Crippen molar-refractivity contribution in [2.24, 2.45) is 0 Å². The van der Waals surface area contributed by atoms with Crippen LogP contribution in [0.2, 0.25) is 0 Å². The van der Waals surface area contributed by atoms with Crippen LogP contribution in [-0.2, 0) is 0 Å². The van der Waals surface area contributed by atoms with Crippen LogP contribution < -0.4 is 11.1 Å². The van der Waals surface area contributed by atoms with Crippen molar-refractivity contribution in [3.63, 3.8) is 0 Å². The number of hydrogen-bond acceptors (Lipinski definition) is 5. The Morgan fingerprint density at radius 1 is 1.47 bits per heavy atom. The van der Waals surface area contributed by atoms with Gasteiger partial charge in [0.05, 0.1) is 17.4 Å².